The Morgan fingerprint density at radius 1 is 1.42 bits per heavy atom. The summed E-state index contributed by atoms with van der Waals surface area (Å²) in [6.45, 7) is 3.96. The number of rotatable bonds is 3. The van der Waals surface area contributed by atoms with Crippen LogP contribution in [0.5, 0.6) is 0 Å². The minimum Gasteiger partial charge on any atom is -0.316 e. The van der Waals surface area contributed by atoms with E-state index in [1.54, 1.807) is 0 Å². The molecule has 2 aliphatic heterocycles. The maximum atomic E-state index is 12.1. The number of anilines is 1. The summed E-state index contributed by atoms with van der Waals surface area (Å²) in [7, 11) is -3.04. The fourth-order valence-electron chi connectivity index (χ4n) is 2.99. The summed E-state index contributed by atoms with van der Waals surface area (Å²) in [6.07, 6.45) is 0.393. The molecular weight excluding hydrogens is 412 g/mol. The molecule has 8 heteroatoms. The second-order valence-corrected chi connectivity index (χ2v) is 10.8. The number of benzene rings is 1. The SMILES string of the molecule is CC(C)CC(=O)N=C1SC2CS(=O)(=O)CC2N1c1cccc(Br)c1. The molecule has 130 valence electrons. The quantitative estimate of drug-likeness (QED) is 0.736. The lowest BCUT2D eigenvalue weighted by Crippen LogP contribution is -2.37. The Morgan fingerprint density at radius 3 is 2.83 bits per heavy atom. The van der Waals surface area contributed by atoms with E-state index in [-0.39, 0.29) is 34.6 Å². The zero-order valence-corrected chi connectivity index (χ0v) is 16.7. The van der Waals surface area contributed by atoms with Crippen LogP contribution in [0.1, 0.15) is 20.3 Å². The minimum absolute atomic E-state index is 0.0698. The van der Waals surface area contributed by atoms with Crippen LogP contribution in [-0.2, 0) is 14.6 Å². The van der Waals surface area contributed by atoms with Crippen LogP contribution >= 0.6 is 27.7 Å². The van der Waals surface area contributed by atoms with Crippen LogP contribution in [0, 0.1) is 5.92 Å². The van der Waals surface area contributed by atoms with Gasteiger partial charge in [-0.25, -0.2) is 8.42 Å². The number of amidine groups is 1. The number of hydrogen-bond donors (Lipinski definition) is 0. The molecule has 2 unspecified atom stereocenters. The third kappa shape index (κ3) is 3.86. The highest BCUT2D eigenvalue weighted by Gasteiger charge is 2.49. The standard InChI is InChI=1S/C16H19BrN2O3S2/c1-10(2)6-15(20)18-16-19(12-5-3-4-11(17)7-12)13-8-24(21,22)9-14(13)23-16/h3-5,7,10,13-14H,6,8-9H2,1-2H3. The molecule has 0 aliphatic carbocycles. The number of thioether (sulfide) groups is 1. The van der Waals surface area contributed by atoms with Crippen LogP contribution in [0.4, 0.5) is 5.69 Å². The Bertz CT molecular complexity index is 792. The van der Waals surface area contributed by atoms with Gasteiger partial charge < -0.3 is 4.90 Å². The average molecular weight is 431 g/mol. The van der Waals surface area contributed by atoms with Gasteiger partial charge in [0.25, 0.3) is 0 Å². The molecule has 2 heterocycles. The minimum atomic E-state index is -3.04. The van der Waals surface area contributed by atoms with Gasteiger partial charge in [0.1, 0.15) is 0 Å². The number of halogens is 1. The molecule has 2 aliphatic rings. The van der Waals surface area contributed by atoms with Crippen LogP contribution in [0.2, 0.25) is 0 Å². The molecule has 3 rings (SSSR count). The van der Waals surface area contributed by atoms with Crippen molar-refractivity contribution in [3.8, 4) is 0 Å². The molecule has 2 atom stereocenters. The fraction of sp³-hybridized carbons (Fsp3) is 0.500. The van der Waals surface area contributed by atoms with Gasteiger partial charge in [-0.05, 0) is 24.1 Å². The smallest absolute Gasteiger partial charge is 0.248 e. The average Bonchev–Trinajstić information content (AvgIpc) is 2.88. The highest BCUT2D eigenvalue weighted by Crippen LogP contribution is 2.41. The summed E-state index contributed by atoms with van der Waals surface area (Å²) < 4.78 is 24.9. The zero-order chi connectivity index (χ0) is 17.5. The van der Waals surface area contributed by atoms with E-state index in [1.807, 2.05) is 43.0 Å². The topological polar surface area (TPSA) is 66.8 Å². The number of carbonyl (C=O) groups excluding carboxylic acids is 1. The maximum absolute atomic E-state index is 12.1. The van der Waals surface area contributed by atoms with E-state index in [0.717, 1.165) is 10.2 Å². The second-order valence-electron chi connectivity index (χ2n) is 6.54. The van der Waals surface area contributed by atoms with Crippen LogP contribution in [0.25, 0.3) is 0 Å². The van der Waals surface area contributed by atoms with Crippen molar-refractivity contribution in [1.82, 2.24) is 0 Å². The Kier molecular flexibility index (Phi) is 5.09. The molecule has 0 spiro atoms. The van der Waals surface area contributed by atoms with Gasteiger partial charge in [0.15, 0.2) is 15.0 Å². The number of aliphatic imine (C=N–C) groups is 1. The molecule has 5 nitrogen and oxygen atoms in total. The molecule has 0 N–H and O–H groups in total. The Morgan fingerprint density at radius 2 is 2.17 bits per heavy atom. The molecule has 1 amide bonds. The molecule has 1 aromatic carbocycles. The van der Waals surface area contributed by atoms with Gasteiger partial charge in [-0.2, -0.15) is 4.99 Å². The lowest BCUT2D eigenvalue weighted by molar-refractivity contribution is -0.118. The largest absolute Gasteiger partial charge is 0.316 e. The van der Waals surface area contributed by atoms with Crippen LogP contribution in [-0.4, -0.2) is 42.3 Å². The summed E-state index contributed by atoms with van der Waals surface area (Å²) in [5, 5.41) is 0.545. The summed E-state index contributed by atoms with van der Waals surface area (Å²) in [4.78, 5) is 18.4. The summed E-state index contributed by atoms with van der Waals surface area (Å²) in [5.74, 6) is 0.335. The molecule has 2 fully saturated rings. The van der Waals surface area contributed by atoms with Crippen molar-refractivity contribution in [2.45, 2.75) is 31.6 Å². The number of hydrogen-bond acceptors (Lipinski definition) is 4. The molecular formula is C16H19BrN2O3S2. The van der Waals surface area contributed by atoms with Crippen molar-refractivity contribution in [3.05, 3.63) is 28.7 Å². The number of amides is 1. The second kappa shape index (κ2) is 6.80. The first-order valence-corrected chi connectivity index (χ1v) is 11.3. The number of carbonyl (C=O) groups is 1. The molecule has 0 bridgehead atoms. The zero-order valence-electron chi connectivity index (χ0n) is 13.5. The van der Waals surface area contributed by atoms with Gasteiger partial charge in [0.05, 0.1) is 17.5 Å². The highest BCUT2D eigenvalue weighted by atomic mass is 79.9. The first-order chi connectivity index (χ1) is 11.2. The van der Waals surface area contributed by atoms with Crippen LogP contribution in [0.3, 0.4) is 0 Å². The lowest BCUT2D eigenvalue weighted by Gasteiger charge is -2.24. The van der Waals surface area contributed by atoms with Crippen molar-refractivity contribution >= 4 is 54.3 Å². The number of fused-ring (bicyclic) bond motifs is 1. The van der Waals surface area contributed by atoms with Gasteiger partial charge in [0.2, 0.25) is 5.91 Å². The maximum Gasteiger partial charge on any atom is 0.248 e. The lowest BCUT2D eigenvalue weighted by atomic mass is 10.1. The first kappa shape index (κ1) is 17.9. The molecule has 2 saturated heterocycles. The van der Waals surface area contributed by atoms with Gasteiger partial charge in [0, 0.05) is 21.8 Å². The van der Waals surface area contributed by atoms with E-state index in [9.17, 15) is 13.2 Å². The van der Waals surface area contributed by atoms with E-state index in [0.29, 0.717) is 11.6 Å². The normalized spacial score (nSPS) is 27.0. The van der Waals surface area contributed by atoms with Crippen molar-refractivity contribution in [3.63, 3.8) is 0 Å². The van der Waals surface area contributed by atoms with Crippen molar-refractivity contribution < 1.29 is 13.2 Å². The fourth-order valence-corrected chi connectivity index (χ4v) is 7.31. The van der Waals surface area contributed by atoms with Crippen molar-refractivity contribution in [2.24, 2.45) is 10.9 Å². The van der Waals surface area contributed by atoms with Gasteiger partial charge in [-0.15, -0.1) is 0 Å². The molecule has 24 heavy (non-hydrogen) atoms. The summed E-state index contributed by atoms with van der Waals surface area (Å²) >= 11 is 4.86. The van der Waals surface area contributed by atoms with E-state index in [2.05, 4.69) is 20.9 Å². The van der Waals surface area contributed by atoms with E-state index < -0.39 is 9.84 Å². The van der Waals surface area contributed by atoms with Crippen LogP contribution in [0.15, 0.2) is 33.7 Å². The summed E-state index contributed by atoms with van der Waals surface area (Å²) in [5.41, 5.74) is 0.859. The van der Waals surface area contributed by atoms with Gasteiger partial charge in [-0.3, -0.25) is 4.79 Å². The van der Waals surface area contributed by atoms with Crippen molar-refractivity contribution in [2.75, 3.05) is 16.4 Å². The Hall–Kier alpha value is -0.860. The van der Waals surface area contributed by atoms with Gasteiger partial charge >= 0.3 is 0 Å². The number of sulfone groups is 1. The van der Waals surface area contributed by atoms with Gasteiger partial charge in [-0.1, -0.05) is 47.6 Å². The highest BCUT2D eigenvalue weighted by molar-refractivity contribution is 9.10. The van der Waals surface area contributed by atoms with E-state index in [1.165, 1.54) is 11.8 Å². The molecule has 0 aromatic heterocycles. The van der Waals surface area contributed by atoms with Crippen molar-refractivity contribution in [1.29, 1.82) is 0 Å². The predicted molar refractivity (Wildman–Crippen MR) is 102 cm³/mol. The third-order valence-corrected chi connectivity index (χ3v) is 7.66. The molecule has 1 aromatic rings. The first-order valence-electron chi connectivity index (χ1n) is 7.78. The molecule has 0 saturated carbocycles. The Balaban J connectivity index is 1.97. The monoisotopic (exact) mass is 430 g/mol. The third-order valence-electron chi connectivity index (χ3n) is 3.96. The number of nitrogens with zero attached hydrogens (tertiary/aromatic N) is 2. The van der Waals surface area contributed by atoms with Crippen LogP contribution < -0.4 is 4.90 Å². The van der Waals surface area contributed by atoms with E-state index in [4.69, 9.17) is 0 Å². The summed E-state index contributed by atoms with van der Waals surface area (Å²) in [6, 6.07) is 7.49. The molecule has 0 radical (unpaired) electrons. The van der Waals surface area contributed by atoms with E-state index >= 15 is 0 Å². The Labute approximate surface area is 155 Å². The predicted octanol–water partition coefficient (Wildman–Crippen LogP) is 3.10.